The van der Waals surface area contributed by atoms with E-state index in [9.17, 15) is 18.9 Å². The lowest BCUT2D eigenvalue weighted by atomic mass is 9.85. The Labute approximate surface area is 229 Å². The third-order valence-corrected chi connectivity index (χ3v) is 11.5. The molecule has 4 aliphatic rings. The number of carbonyl (C=O) groups is 1. The van der Waals surface area contributed by atoms with Crippen molar-refractivity contribution in [3.05, 3.63) is 87.0 Å². The van der Waals surface area contributed by atoms with Crippen molar-refractivity contribution in [3.8, 4) is 0 Å². The molecule has 7 nitrogen and oxygen atoms in total. The molecule has 2 aromatic carbocycles. The minimum atomic E-state index is -3.33. The molecule has 0 spiro atoms. The first-order valence-electron chi connectivity index (χ1n) is 12.5. The Morgan fingerprint density at radius 1 is 1.07 bits per heavy atom. The number of halogens is 3. The highest BCUT2D eigenvalue weighted by Gasteiger charge is 2.41. The smallest absolute Gasteiger partial charge is 0.373 e. The van der Waals surface area contributed by atoms with Gasteiger partial charge in [-0.2, -0.15) is 9.59 Å². The Morgan fingerprint density at radius 2 is 1.75 bits per heavy atom. The van der Waals surface area contributed by atoms with Crippen molar-refractivity contribution in [1.29, 1.82) is 0 Å². The van der Waals surface area contributed by atoms with Gasteiger partial charge in [0.05, 0.1) is 12.4 Å². The largest absolute Gasteiger partial charge is 0.545 e. The maximum atomic E-state index is 15.8. The van der Waals surface area contributed by atoms with Crippen molar-refractivity contribution in [3.63, 3.8) is 0 Å². The molecular weight excluding hydrogens is 563 g/mol. The van der Waals surface area contributed by atoms with E-state index >= 15 is 8.78 Å². The molecule has 0 N–H and O–H groups in total. The van der Waals surface area contributed by atoms with Crippen LogP contribution >= 0.6 is 15.8 Å². The molecular formula is C28H23F3N2O5P2. The van der Waals surface area contributed by atoms with Gasteiger partial charge in [-0.3, -0.25) is 0 Å². The third kappa shape index (κ3) is 4.32. The van der Waals surface area contributed by atoms with Gasteiger partial charge in [0.2, 0.25) is 5.71 Å². The number of aromatic carboxylic acids is 1. The number of carboxylic acids is 1. The standard InChI is InChI=1S/C27H23F3N2O3P2.CO2/c1-14-24(28)22(23(27(33)34)26(30)25(14)29)21-17-6-4-15(31-8-2-9-31)12-19(17)37(35,36)20-13-16(5-7-18(20)21)32-10-3-11-32;2-1-3/h4-7,12-13H,2-3,8-11,36H2,1H3;. The summed E-state index contributed by atoms with van der Waals surface area (Å²) >= 11 is 0. The number of hydrogen-bond donors (Lipinski definition) is 0. The molecule has 0 amide bonds. The molecule has 1 aliphatic carbocycles. The molecule has 2 atom stereocenters. The molecule has 6 rings (SSSR count). The van der Waals surface area contributed by atoms with Crippen molar-refractivity contribution in [2.45, 2.75) is 19.8 Å². The number of hydrogen-bond acceptors (Lipinski definition) is 6. The normalized spacial score (nSPS) is 20.8. The molecule has 0 saturated carbocycles. The number of anilines is 1. The first-order chi connectivity index (χ1) is 19.0. The third-order valence-electron chi connectivity index (χ3n) is 7.65. The Bertz CT molecular complexity index is 1690. The minimum Gasteiger partial charge on any atom is -0.545 e. The van der Waals surface area contributed by atoms with Gasteiger partial charge in [0, 0.05) is 63.8 Å². The Kier molecular flexibility index (Phi) is 7.30. The van der Waals surface area contributed by atoms with E-state index < -0.39 is 46.9 Å². The van der Waals surface area contributed by atoms with Crippen LogP contribution in [0.25, 0.3) is 5.57 Å². The molecule has 0 aromatic heterocycles. The maximum absolute atomic E-state index is 15.8. The lowest BCUT2D eigenvalue weighted by Crippen LogP contribution is -2.37. The lowest BCUT2D eigenvalue weighted by molar-refractivity contribution is -0.582. The van der Waals surface area contributed by atoms with E-state index in [2.05, 4.69) is 18.4 Å². The van der Waals surface area contributed by atoms with Crippen LogP contribution in [-0.2, 0) is 14.2 Å². The van der Waals surface area contributed by atoms with E-state index in [0.29, 0.717) is 21.8 Å². The predicted octanol–water partition coefficient (Wildman–Crippen LogP) is 3.31. The Hall–Kier alpha value is -3.57. The molecule has 2 unspecified atom stereocenters. The van der Waals surface area contributed by atoms with Crippen LogP contribution in [0.2, 0.25) is 0 Å². The molecule has 206 valence electrons. The zero-order valence-electron chi connectivity index (χ0n) is 21.3. The summed E-state index contributed by atoms with van der Waals surface area (Å²) in [6, 6.07) is 5.24. The average molecular weight is 586 g/mol. The van der Waals surface area contributed by atoms with Crippen LogP contribution in [0.4, 0.5) is 18.9 Å². The van der Waals surface area contributed by atoms with E-state index in [1.54, 1.807) is 36.4 Å². The lowest BCUT2D eigenvalue weighted by Gasteiger charge is -2.36. The van der Waals surface area contributed by atoms with E-state index in [4.69, 9.17) is 9.59 Å². The monoisotopic (exact) mass is 586 g/mol. The average Bonchev–Trinajstić information content (AvgIpc) is 2.84. The van der Waals surface area contributed by atoms with Crippen molar-refractivity contribution in [1.82, 2.24) is 0 Å². The second-order valence-corrected chi connectivity index (χ2v) is 14.3. The van der Waals surface area contributed by atoms with E-state index in [0.717, 1.165) is 57.3 Å². The number of allylic oxidation sites excluding steroid dienone is 5. The number of carbonyl (C=O) groups excluding carboxylic acids is 3. The first-order valence-corrected chi connectivity index (χ1v) is 15.8. The summed E-state index contributed by atoms with van der Waals surface area (Å²) in [4.78, 5) is 30.4. The quantitative estimate of drug-likeness (QED) is 0.311. The van der Waals surface area contributed by atoms with Crippen LogP contribution in [0.1, 0.15) is 39.9 Å². The van der Waals surface area contributed by atoms with Gasteiger partial charge in [-0.05, 0) is 42.7 Å². The highest BCUT2D eigenvalue weighted by atomic mass is 32.0. The molecule has 40 heavy (non-hydrogen) atoms. The number of benzene rings is 2. The van der Waals surface area contributed by atoms with Crippen LogP contribution in [0.3, 0.4) is 0 Å². The Morgan fingerprint density at radius 3 is 2.30 bits per heavy atom. The van der Waals surface area contributed by atoms with Crippen LogP contribution in [-0.4, -0.2) is 48.6 Å². The second-order valence-electron chi connectivity index (χ2n) is 9.80. The first kappa shape index (κ1) is 28.0. The fourth-order valence-electron chi connectivity index (χ4n) is 5.30. The van der Waals surface area contributed by atoms with Crippen molar-refractivity contribution in [2.24, 2.45) is 0 Å². The van der Waals surface area contributed by atoms with E-state index in [-0.39, 0.29) is 11.7 Å². The summed E-state index contributed by atoms with van der Waals surface area (Å²) in [6.45, 7) is 1.11. The van der Waals surface area contributed by atoms with Crippen LogP contribution in [0.5, 0.6) is 0 Å². The summed E-state index contributed by atoms with van der Waals surface area (Å²) in [6.07, 6.45) is 7.55. The summed E-state index contributed by atoms with van der Waals surface area (Å²) in [5, 5.41) is 12.9. The van der Waals surface area contributed by atoms with Gasteiger partial charge in [-0.25, -0.2) is 17.7 Å². The summed E-state index contributed by atoms with van der Waals surface area (Å²) < 4.78 is 61.8. The zero-order chi connectivity index (χ0) is 28.9. The van der Waals surface area contributed by atoms with Crippen molar-refractivity contribution < 1.29 is 41.8 Å². The number of rotatable bonds is 3. The number of nitrogens with zero attached hydrogens (tertiary/aromatic N) is 2. The predicted molar refractivity (Wildman–Crippen MR) is 143 cm³/mol. The SMILES string of the molecule is Cc1c(F)c(F)c(C(=O)[O-])c(C2=C3C=CC(=[N+]4CCC4)C=C3P(=O)(P)c3cc(N4CCC4)ccc32)c1F.O=C=O. The fourth-order valence-corrected chi connectivity index (χ4v) is 8.58. The van der Waals surface area contributed by atoms with Gasteiger partial charge < -0.3 is 19.4 Å². The summed E-state index contributed by atoms with van der Waals surface area (Å²) in [5.41, 5.74) is -0.0428. The Balaban J connectivity index is 0.00000103. The van der Waals surface area contributed by atoms with Gasteiger partial charge >= 0.3 is 6.15 Å². The van der Waals surface area contributed by atoms with Gasteiger partial charge in [0.15, 0.2) is 18.5 Å². The van der Waals surface area contributed by atoms with Gasteiger partial charge in [0.25, 0.3) is 0 Å². The molecule has 12 heteroatoms. The molecule has 3 heterocycles. The second kappa shape index (κ2) is 10.4. The minimum absolute atomic E-state index is 0.0583. The van der Waals surface area contributed by atoms with Crippen LogP contribution in [0, 0.1) is 24.4 Å². The topological polar surface area (TPSA) is 97.6 Å². The molecule has 3 aliphatic heterocycles. The summed E-state index contributed by atoms with van der Waals surface area (Å²) in [5.74, 6) is -6.48. The summed E-state index contributed by atoms with van der Waals surface area (Å²) in [7, 11) is 2.47. The molecule has 0 bridgehead atoms. The zero-order valence-corrected chi connectivity index (χ0v) is 23.3. The van der Waals surface area contributed by atoms with Crippen LogP contribution < -0.4 is 15.3 Å². The van der Waals surface area contributed by atoms with Crippen molar-refractivity contribution in [2.75, 3.05) is 31.1 Å². The van der Waals surface area contributed by atoms with E-state index in [1.165, 1.54) is 0 Å². The molecule has 2 aromatic rings. The van der Waals surface area contributed by atoms with Gasteiger partial charge in [0.1, 0.15) is 18.9 Å². The maximum Gasteiger partial charge on any atom is 0.373 e. The van der Waals surface area contributed by atoms with Crippen molar-refractivity contribution >= 4 is 50.2 Å². The van der Waals surface area contributed by atoms with Crippen LogP contribution in [0.15, 0.2) is 47.3 Å². The number of fused-ring (bicyclic) bond motifs is 2. The molecule has 0 radical (unpaired) electrons. The number of carboxylic acid groups (broad SMARTS) is 1. The molecule has 2 saturated heterocycles. The highest BCUT2D eigenvalue weighted by Crippen LogP contribution is 2.68. The van der Waals surface area contributed by atoms with Gasteiger partial charge in [-0.1, -0.05) is 15.0 Å². The highest BCUT2D eigenvalue weighted by molar-refractivity contribution is 8.24. The van der Waals surface area contributed by atoms with E-state index in [1.807, 2.05) is 0 Å². The molecule has 2 fully saturated rings. The van der Waals surface area contributed by atoms with Gasteiger partial charge in [-0.15, -0.1) is 0 Å². The fraction of sp³-hybridized carbons (Fsp3) is 0.250.